The van der Waals surface area contributed by atoms with Crippen molar-refractivity contribution in [1.82, 2.24) is 5.32 Å². The first-order valence-corrected chi connectivity index (χ1v) is 6.99. The summed E-state index contributed by atoms with van der Waals surface area (Å²) in [4.78, 5) is 14.6. The number of rotatable bonds is 4. The quantitative estimate of drug-likeness (QED) is 0.822. The number of thiophene rings is 1. The summed E-state index contributed by atoms with van der Waals surface area (Å²) in [5, 5.41) is 2.92. The fourth-order valence-corrected chi connectivity index (χ4v) is 3.50. The highest BCUT2D eigenvalue weighted by Crippen LogP contribution is 2.30. The van der Waals surface area contributed by atoms with Crippen molar-refractivity contribution < 1.29 is 4.79 Å². The second-order valence-electron chi connectivity index (χ2n) is 4.46. The third-order valence-corrected chi connectivity index (χ3v) is 4.26. The van der Waals surface area contributed by atoms with Crippen LogP contribution in [-0.4, -0.2) is 16.9 Å². The molecule has 0 saturated carbocycles. The molecular formula is C12H16N2OS2. The number of fused-ring (bicyclic) bond motifs is 1. The van der Waals surface area contributed by atoms with Crippen LogP contribution in [0, 0.1) is 0 Å². The summed E-state index contributed by atoms with van der Waals surface area (Å²) in [6.45, 7) is 1.92. The molecule has 1 aliphatic carbocycles. The standard InChI is InChI=1S/C12H16N2OS2/c1-7(5-11(13)16)14-12(15)10-6-8-3-2-4-9(8)17-10/h6-7H,2-5H2,1H3,(H2,13,16)(H,14,15). The van der Waals surface area contributed by atoms with Crippen molar-refractivity contribution in [2.45, 2.75) is 38.6 Å². The van der Waals surface area contributed by atoms with Gasteiger partial charge in [0.25, 0.3) is 5.91 Å². The maximum Gasteiger partial charge on any atom is 0.261 e. The van der Waals surface area contributed by atoms with Gasteiger partial charge < -0.3 is 11.1 Å². The van der Waals surface area contributed by atoms with Crippen molar-refractivity contribution in [1.29, 1.82) is 0 Å². The van der Waals surface area contributed by atoms with Gasteiger partial charge in [0.05, 0.1) is 9.87 Å². The predicted molar refractivity (Wildman–Crippen MR) is 74.7 cm³/mol. The van der Waals surface area contributed by atoms with E-state index in [4.69, 9.17) is 18.0 Å². The maximum atomic E-state index is 12.0. The van der Waals surface area contributed by atoms with Gasteiger partial charge in [0.15, 0.2) is 0 Å². The Balaban J connectivity index is 1.97. The van der Waals surface area contributed by atoms with Crippen LogP contribution in [0.3, 0.4) is 0 Å². The molecule has 1 atom stereocenters. The number of hydrogen-bond donors (Lipinski definition) is 2. The summed E-state index contributed by atoms with van der Waals surface area (Å²) in [5.41, 5.74) is 6.80. The molecule has 0 aromatic carbocycles. The Morgan fingerprint density at radius 2 is 2.41 bits per heavy atom. The smallest absolute Gasteiger partial charge is 0.261 e. The molecule has 0 fully saturated rings. The Labute approximate surface area is 110 Å². The molecule has 0 bridgehead atoms. The lowest BCUT2D eigenvalue weighted by atomic mass is 10.2. The van der Waals surface area contributed by atoms with E-state index < -0.39 is 0 Å². The Kier molecular flexibility index (Phi) is 3.79. The van der Waals surface area contributed by atoms with E-state index in [1.807, 2.05) is 13.0 Å². The van der Waals surface area contributed by atoms with Gasteiger partial charge in [-0.25, -0.2) is 0 Å². The number of hydrogen-bond acceptors (Lipinski definition) is 3. The fraction of sp³-hybridized carbons (Fsp3) is 0.500. The van der Waals surface area contributed by atoms with Gasteiger partial charge >= 0.3 is 0 Å². The number of nitrogens with two attached hydrogens (primary N) is 1. The molecule has 0 saturated heterocycles. The molecule has 17 heavy (non-hydrogen) atoms. The minimum Gasteiger partial charge on any atom is -0.393 e. The van der Waals surface area contributed by atoms with E-state index in [1.165, 1.54) is 16.9 Å². The summed E-state index contributed by atoms with van der Waals surface area (Å²) in [5.74, 6) is -0.00634. The molecule has 92 valence electrons. The molecule has 5 heteroatoms. The van der Waals surface area contributed by atoms with Crippen LogP contribution in [0.2, 0.25) is 0 Å². The van der Waals surface area contributed by atoms with E-state index in [0.29, 0.717) is 11.4 Å². The molecule has 1 unspecified atom stereocenters. The van der Waals surface area contributed by atoms with Crippen molar-refractivity contribution >= 4 is 34.5 Å². The third-order valence-electron chi connectivity index (χ3n) is 2.86. The van der Waals surface area contributed by atoms with E-state index in [-0.39, 0.29) is 11.9 Å². The lowest BCUT2D eigenvalue weighted by Crippen LogP contribution is -2.34. The average Bonchev–Trinajstić information content (AvgIpc) is 2.73. The average molecular weight is 268 g/mol. The Morgan fingerprint density at radius 3 is 3.06 bits per heavy atom. The first-order valence-electron chi connectivity index (χ1n) is 5.77. The minimum atomic E-state index is -0.00634. The third kappa shape index (κ3) is 3.04. The van der Waals surface area contributed by atoms with Gasteiger partial charge in [0, 0.05) is 17.3 Å². The molecule has 2 rings (SSSR count). The zero-order chi connectivity index (χ0) is 12.4. The molecule has 0 aliphatic heterocycles. The van der Waals surface area contributed by atoms with Crippen LogP contribution in [0.15, 0.2) is 6.07 Å². The van der Waals surface area contributed by atoms with Crippen molar-refractivity contribution in [3.05, 3.63) is 21.4 Å². The molecule has 1 amide bonds. The maximum absolute atomic E-state index is 12.0. The van der Waals surface area contributed by atoms with E-state index in [1.54, 1.807) is 11.3 Å². The van der Waals surface area contributed by atoms with Crippen LogP contribution < -0.4 is 11.1 Å². The minimum absolute atomic E-state index is 0.00283. The zero-order valence-corrected chi connectivity index (χ0v) is 11.4. The van der Waals surface area contributed by atoms with E-state index in [9.17, 15) is 4.79 Å². The van der Waals surface area contributed by atoms with Crippen LogP contribution in [0.5, 0.6) is 0 Å². The number of nitrogens with one attached hydrogen (secondary N) is 1. The summed E-state index contributed by atoms with van der Waals surface area (Å²) in [7, 11) is 0. The first kappa shape index (κ1) is 12.5. The van der Waals surface area contributed by atoms with Crippen LogP contribution in [0.4, 0.5) is 0 Å². The fourth-order valence-electron chi connectivity index (χ4n) is 2.09. The van der Waals surface area contributed by atoms with Crippen LogP contribution in [0.25, 0.3) is 0 Å². The molecule has 1 aliphatic rings. The van der Waals surface area contributed by atoms with Crippen LogP contribution in [-0.2, 0) is 12.8 Å². The zero-order valence-electron chi connectivity index (χ0n) is 9.79. The Hall–Kier alpha value is -0.940. The first-order chi connectivity index (χ1) is 8.06. The van der Waals surface area contributed by atoms with Crippen LogP contribution >= 0.6 is 23.6 Å². The van der Waals surface area contributed by atoms with Crippen molar-refractivity contribution in [3.63, 3.8) is 0 Å². The number of carbonyl (C=O) groups is 1. The van der Waals surface area contributed by atoms with Crippen LogP contribution in [0.1, 0.15) is 39.9 Å². The van der Waals surface area contributed by atoms with Gasteiger partial charge in [-0.3, -0.25) is 4.79 Å². The summed E-state index contributed by atoms with van der Waals surface area (Å²) < 4.78 is 0. The summed E-state index contributed by atoms with van der Waals surface area (Å²) in [6.07, 6.45) is 4.00. The Bertz CT molecular complexity index is 432. The number of amides is 1. The molecule has 1 aromatic heterocycles. The van der Waals surface area contributed by atoms with Crippen molar-refractivity contribution in [3.8, 4) is 0 Å². The van der Waals surface area contributed by atoms with E-state index in [2.05, 4.69) is 5.32 Å². The normalized spacial score (nSPS) is 15.4. The topological polar surface area (TPSA) is 55.1 Å². The van der Waals surface area contributed by atoms with Crippen molar-refractivity contribution in [2.24, 2.45) is 5.73 Å². The van der Waals surface area contributed by atoms with Gasteiger partial charge in [-0.1, -0.05) is 12.2 Å². The largest absolute Gasteiger partial charge is 0.393 e. The van der Waals surface area contributed by atoms with E-state index >= 15 is 0 Å². The van der Waals surface area contributed by atoms with Gasteiger partial charge in [0.2, 0.25) is 0 Å². The van der Waals surface area contributed by atoms with Gasteiger partial charge in [0.1, 0.15) is 0 Å². The van der Waals surface area contributed by atoms with Gasteiger partial charge in [-0.2, -0.15) is 0 Å². The van der Waals surface area contributed by atoms with Crippen molar-refractivity contribution in [2.75, 3.05) is 0 Å². The molecular weight excluding hydrogens is 252 g/mol. The Morgan fingerprint density at radius 1 is 1.65 bits per heavy atom. The number of aryl methyl sites for hydroxylation is 2. The van der Waals surface area contributed by atoms with E-state index in [0.717, 1.165) is 17.7 Å². The number of thiocarbonyl (C=S) groups is 1. The monoisotopic (exact) mass is 268 g/mol. The molecule has 0 radical (unpaired) electrons. The summed E-state index contributed by atoms with van der Waals surface area (Å²) >= 11 is 6.44. The van der Waals surface area contributed by atoms with Gasteiger partial charge in [-0.05, 0) is 37.8 Å². The highest BCUT2D eigenvalue weighted by atomic mass is 32.1. The number of carbonyl (C=O) groups excluding carboxylic acids is 1. The second kappa shape index (κ2) is 5.14. The highest BCUT2D eigenvalue weighted by Gasteiger charge is 2.19. The molecule has 1 heterocycles. The molecule has 1 aromatic rings. The molecule has 0 spiro atoms. The second-order valence-corrected chi connectivity index (χ2v) is 6.12. The lowest BCUT2D eigenvalue weighted by molar-refractivity contribution is 0.0945. The molecule has 3 N–H and O–H groups in total. The lowest BCUT2D eigenvalue weighted by Gasteiger charge is -2.11. The van der Waals surface area contributed by atoms with Gasteiger partial charge in [-0.15, -0.1) is 11.3 Å². The molecule has 3 nitrogen and oxygen atoms in total. The predicted octanol–water partition coefficient (Wildman–Crippen LogP) is 2.03. The SMILES string of the molecule is CC(CC(N)=S)NC(=O)c1cc2c(s1)CCC2. The highest BCUT2D eigenvalue weighted by molar-refractivity contribution is 7.80. The summed E-state index contributed by atoms with van der Waals surface area (Å²) in [6, 6.07) is 2.02.